The molecular weight excluding hydrogens is 388 g/mol. The number of hydrogen-bond donors (Lipinski definition) is 4. The number of ketones is 3. The Morgan fingerprint density at radius 3 is 0.889 bits per heavy atom. The van der Waals surface area contributed by atoms with Gasteiger partial charge in [-0.1, -0.05) is 13.3 Å². The zero-order chi connectivity index (χ0) is 21.7. The van der Waals surface area contributed by atoms with Crippen molar-refractivity contribution in [1.82, 2.24) is 0 Å². The van der Waals surface area contributed by atoms with Crippen LogP contribution in [0.25, 0.3) is 0 Å². The summed E-state index contributed by atoms with van der Waals surface area (Å²) in [5.41, 5.74) is 0. The normalized spacial score (nSPS) is 10.4. The van der Waals surface area contributed by atoms with E-state index in [1.165, 1.54) is 59.8 Å². The molecule has 0 fully saturated rings. The van der Waals surface area contributed by atoms with Crippen molar-refractivity contribution < 1.29 is 56.5 Å². The molecule has 0 aliphatic rings. The van der Waals surface area contributed by atoms with E-state index in [2.05, 4.69) is 6.92 Å². The first-order valence-electron chi connectivity index (χ1n) is 8.04. The average molecular weight is 422 g/mol. The third kappa shape index (κ3) is 79.9. The summed E-state index contributed by atoms with van der Waals surface area (Å²) in [6.45, 7) is 10.9. The Bertz CT molecular complexity index is 412. The SMILES string of the molecule is CC(=O)C=C(C)O.CC(=O)C=C(C)O.CC(=O)C=C(C)O.CCCCO.[Ti]. The average Bonchev–Trinajstić information content (AvgIpc) is 2.36. The third-order valence-electron chi connectivity index (χ3n) is 1.75. The van der Waals surface area contributed by atoms with Crippen LogP contribution in [0.5, 0.6) is 0 Å². The van der Waals surface area contributed by atoms with Crippen molar-refractivity contribution >= 4 is 17.3 Å². The molecule has 0 radical (unpaired) electrons. The van der Waals surface area contributed by atoms with Gasteiger partial charge in [0.25, 0.3) is 0 Å². The molecule has 0 rings (SSSR count). The molecule has 0 aromatic carbocycles. The Hall–Kier alpha value is -1.70. The van der Waals surface area contributed by atoms with Gasteiger partial charge in [-0.15, -0.1) is 0 Å². The van der Waals surface area contributed by atoms with Crippen molar-refractivity contribution in [1.29, 1.82) is 0 Å². The molecule has 27 heavy (non-hydrogen) atoms. The van der Waals surface area contributed by atoms with Crippen LogP contribution in [0.15, 0.2) is 35.5 Å². The van der Waals surface area contributed by atoms with Crippen molar-refractivity contribution in [3.05, 3.63) is 35.5 Å². The van der Waals surface area contributed by atoms with Crippen LogP contribution in [0.1, 0.15) is 61.3 Å². The Morgan fingerprint density at radius 2 is 0.889 bits per heavy atom. The fourth-order valence-corrected chi connectivity index (χ4v) is 1.04. The number of rotatable bonds is 5. The van der Waals surface area contributed by atoms with Crippen LogP contribution in [-0.4, -0.2) is 44.4 Å². The monoisotopic (exact) mass is 422 g/mol. The summed E-state index contributed by atoms with van der Waals surface area (Å²) in [7, 11) is 0. The van der Waals surface area contributed by atoms with Crippen LogP contribution < -0.4 is 0 Å². The number of carbonyl (C=O) groups is 3. The molecule has 0 aromatic heterocycles. The minimum atomic E-state index is -0.125. The fraction of sp³-hybridized carbons (Fsp3) is 0.526. The molecule has 0 aromatic rings. The van der Waals surface area contributed by atoms with Crippen molar-refractivity contribution in [2.45, 2.75) is 61.3 Å². The van der Waals surface area contributed by atoms with Gasteiger partial charge in [0.05, 0.1) is 17.3 Å². The Labute approximate surface area is 177 Å². The van der Waals surface area contributed by atoms with Crippen LogP contribution in [0.4, 0.5) is 0 Å². The van der Waals surface area contributed by atoms with Gasteiger partial charge in [-0.05, 0) is 48.0 Å². The molecule has 0 atom stereocenters. The van der Waals surface area contributed by atoms with Gasteiger partial charge in [0, 0.05) is 46.6 Å². The molecule has 0 aliphatic carbocycles. The van der Waals surface area contributed by atoms with Crippen molar-refractivity contribution in [2.24, 2.45) is 0 Å². The minimum absolute atomic E-state index is 0. The molecule has 0 amide bonds. The number of allylic oxidation sites excluding steroid dienone is 6. The van der Waals surface area contributed by atoms with E-state index in [9.17, 15) is 14.4 Å². The maximum atomic E-state index is 10.0. The van der Waals surface area contributed by atoms with Gasteiger partial charge in [-0.2, -0.15) is 0 Å². The van der Waals surface area contributed by atoms with Crippen LogP contribution in [0.2, 0.25) is 0 Å². The summed E-state index contributed by atoms with van der Waals surface area (Å²) < 4.78 is 0. The Morgan fingerprint density at radius 1 is 0.667 bits per heavy atom. The molecule has 0 spiro atoms. The van der Waals surface area contributed by atoms with Gasteiger partial charge in [0.15, 0.2) is 17.3 Å². The zero-order valence-electron chi connectivity index (χ0n) is 17.4. The van der Waals surface area contributed by atoms with Crippen LogP contribution in [-0.2, 0) is 36.1 Å². The number of carbonyl (C=O) groups excluding carboxylic acids is 3. The standard InChI is InChI=1S/3C5H8O2.C4H10O.Ti/c3*1-4(6)3-5(2)7;1-2-3-4-5;/h3*3,6H,1-2H3;5H,2-4H2,1H3;. The van der Waals surface area contributed by atoms with E-state index in [-0.39, 0.29) is 56.3 Å². The fourth-order valence-electron chi connectivity index (χ4n) is 1.04. The number of aliphatic hydroxyl groups excluding tert-OH is 4. The molecule has 0 bridgehead atoms. The smallest absolute Gasteiger partial charge is 0.155 e. The van der Waals surface area contributed by atoms with E-state index in [0.29, 0.717) is 6.61 Å². The van der Waals surface area contributed by atoms with Crippen LogP contribution >= 0.6 is 0 Å². The third-order valence-corrected chi connectivity index (χ3v) is 1.75. The molecule has 8 heteroatoms. The molecule has 0 saturated heterocycles. The maximum absolute atomic E-state index is 10.0. The number of hydrogen-bond acceptors (Lipinski definition) is 7. The van der Waals surface area contributed by atoms with E-state index in [0.717, 1.165) is 12.8 Å². The van der Waals surface area contributed by atoms with Gasteiger partial charge in [0.1, 0.15) is 0 Å². The second-order valence-corrected chi connectivity index (χ2v) is 5.27. The quantitative estimate of drug-likeness (QED) is 0.300. The number of aliphatic hydroxyl groups is 4. The second kappa shape index (κ2) is 26.5. The van der Waals surface area contributed by atoms with E-state index < -0.39 is 0 Å². The molecule has 0 heterocycles. The van der Waals surface area contributed by atoms with Crippen LogP contribution in [0.3, 0.4) is 0 Å². The van der Waals surface area contributed by atoms with Crippen molar-refractivity contribution in [3.63, 3.8) is 0 Å². The molecule has 7 nitrogen and oxygen atoms in total. The second-order valence-electron chi connectivity index (χ2n) is 5.27. The van der Waals surface area contributed by atoms with Crippen molar-refractivity contribution in [3.8, 4) is 0 Å². The van der Waals surface area contributed by atoms with Gasteiger partial charge in [-0.3, -0.25) is 14.4 Å². The zero-order valence-corrected chi connectivity index (χ0v) is 18.9. The summed E-state index contributed by atoms with van der Waals surface area (Å²) in [6.07, 6.45) is 5.54. The molecule has 0 saturated carbocycles. The van der Waals surface area contributed by atoms with Crippen molar-refractivity contribution in [2.75, 3.05) is 6.61 Å². The van der Waals surface area contributed by atoms with Gasteiger partial charge in [0.2, 0.25) is 0 Å². The summed E-state index contributed by atoms with van der Waals surface area (Å²) in [6, 6.07) is 0. The predicted octanol–water partition coefficient (Wildman–Crippen LogP) is 3.89. The Balaban J connectivity index is -0.0000000793. The van der Waals surface area contributed by atoms with Gasteiger partial charge >= 0.3 is 0 Å². The summed E-state index contributed by atoms with van der Waals surface area (Å²) in [5.74, 6) is -0.187. The minimum Gasteiger partial charge on any atom is -0.512 e. The van der Waals surface area contributed by atoms with E-state index in [4.69, 9.17) is 20.4 Å². The number of unbranched alkanes of at least 4 members (excludes halogenated alkanes) is 1. The predicted molar refractivity (Wildman–Crippen MR) is 103 cm³/mol. The van der Waals surface area contributed by atoms with E-state index in [1.54, 1.807) is 0 Å². The van der Waals surface area contributed by atoms with E-state index >= 15 is 0 Å². The Kier molecular flexibility index (Phi) is 35.6. The summed E-state index contributed by atoms with van der Waals surface area (Å²) in [5, 5.41) is 33.2. The molecule has 0 aliphatic heterocycles. The molecular formula is C19H34O7Ti. The first kappa shape index (κ1) is 36.3. The molecule has 0 unspecified atom stereocenters. The topological polar surface area (TPSA) is 132 Å². The first-order chi connectivity index (χ1) is 11.8. The van der Waals surface area contributed by atoms with Gasteiger partial charge < -0.3 is 20.4 Å². The summed E-state index contributed by atoms with van der Waals surface area (Å²) >= 11 is 0. The largest absolute Gasteiger partial charge is 0.512 e. The maximum Gasteiger partial charge on any atom is 0.155 e. The van der Waals surface area contributed by atoms with Crippen LogP contribution in [0, 0.1) is 0 Å². The summed E-state index contributed by atoms with van der Waals surface area (Å²) in [4.78, 5) is 30.1. The van der Waals surface area contributed by atoms with E-state index in [1.807, 2.05) is 0 Å². The molecule has 156 valence electrons. The molecule has 4 N–H and O–H groups in total. The van der Waals surface area contributed by atoms with Gasteiger partial charge in [-0.25, -0.2) is 0 Å². The first-order valence-corrected chi connectivity index (χ1v) is 8.04.